The maximum atomic E-state index is 15.0. The van der Waals surface area contributed by atoms with Crippen molar-refractivity contribution in [2.45, 2.75) is 51.3 Å². The number of hydrogen-bond acceptors (Lipinski definition) is 8. The predicted molar refractivity (Wildman–Crippen MR) is 141 cm³/mol. The fraction of sp³-hybridized carbons (Fsp3) is 0.464. The Morgan fingerprint density at radius 2 is 2.08 bits per heavy atom. The summed E-state index contributed by atoms with van der Waals surface area (Å²) in [5, 5.41) is 23.4. The van der Waals surface area contributed by atoms with Gasteiger partial charge >= 0.3 is 0 Å². The number of fused-ring (bicyclic) bond motifs is 1. The van der Waals surface area contributed by atoms with Crippen LogP contribution < -0.4 is 15.1 Å². The van der Waals surface area contributed by atoms with Crippen molar-refractivity contribution in [3.05, 3.63) is 59.5 Å². The SMILES string of the molecule is Cc1cc(N2CCC(F)C(NC[C@H]3CN(c4ccc(C#N)c5ncccc45)C[C@@H](C)O3)C2)cc(CO)n1. The first-order chi connectivity index (χ1) is 17.9. The van der Waals surface area contributed by atoms with Gasteiger partial charge in [0.05, 0.1) is 41.6 Å². The summed E-state index contributed by atoms with van der Waals surface area (Å²) in [5.74, 6) is 0. The zero-order chi connectivity index (χ0) is 25.9. The molecular weight excluding hydrogens is 471 g/mol. The van der Waals surface area contributed by atoms with Gasteiger partial charge in [0.25, 0.3) is 0 Å². The van der Waals surface area contributed by atoms with Crippen molar-refractivity contribution < 1.29 is 14.2 Å². The summed E-state index contributed by atoms with van der Waals surface area (Å²) >= 11 is 0. The van der Waals surface area contributed by atoms with Gasteiger partial charge in [-0.1, -0.05) is 0 Å². The molecule has 0 saturated carbocycles. The minimum Gasteiger partial charge on any atom is -0.390 e. The number of benzene rings is 1. The highest BCUT2D eigenvalue weighted by molar-refractivity contribution is 5.95. The summed E-state index contributed by atoms with van der Waals surface area (Å²) in [4.78, 5) is 13.2. The number of halogens is 1. The monoisotopic (exact) mass is 504 g/mol. The largest absolute Gasteiger partial charge is 0.390 e. The number of nitriles is 1. The summed E-state index contributed by atoms with van der Waals surface area (Å²) in [6.45, 7) is 6.91. The van der Waals surface area contributed by atoms with Crippen LogP contribution in [0, 0.1) is 18.3 Å². The van der Waals surface area contributed by atoms with Crippen LogP contribution >= 0.6 is 0 Å². The van der Waals surface area contributed by atoms with Crippen LogP contribution in [-0.4, -0.2) is 72.2 Å². The Bertz CT molecular complexity index is 1300. The zero-order valence-corrected chi connectivity index (χ0v) is 21.3. The smallest absolute Gasteiger partial charge is 0.119 e. The molecule has 0 radical (unpaired) electrons. The van der Waals surface area contributed by atoms with Gasteiger partial charge in [0.15, 0.2) is 0 Å². The number of nitrogens with zero attached hydrogens (tertiary/aromatic N) is 5. The van der Waals surface area contributed by atoms with E-state index >= 15 is 0 Å². The van der Waals surface area contributed by atoms with Gasteiger partial charge < -0.3 is 25.0 Å². The number of pyridine rings is 2. The van der Waals surface area contributed by atoms with Crippen molar-refractivity contribution >= 4 is 22.3 Å². The number of alkyl halides is 1. The molecule has 3 aromatic rings. The Kier molecular flexibility index (Phi) is 7.51. The second-order valence-electron chi connectivity index (χ2n) is 10.00. The fourth-order valence-corrected chi connectivity index (χ4v) is 5.49. The molecule has 4 atom stereocenters. The van der Waals surface area contributed by atoms with Gasteiger partial charge in [-0.2, -0.15) is 5.26 Å². The summed E-state index contributed by atoms with van der Waals surface area (Å²) in [5.41, 5.74) is 4.72. The first kappa shape index (κ1) is 25.3. The number of piperidine rings is 1. The molecule has 1 aromatic carbocycles. The molecule has 2 aromatic heterocycles. The number of morpholine rings is 1. The molecule has 0 spiro atoms. The number of rotatable bonds is 6. The van der Waals surface area contributed by atoms with Crippen molar-refractivity contribution in [1.29, 1.82) is 5.26 Å². The molecule has 9 heteroatoms. The average Bonchev–Trinajstić information content (AvgIpc) is 2.91. The van der Waals surface area contributed by atoms with Crippen molar-refractivity contribution in [2.75, 3.05) is 42.5 Å². The van der Waals surface area contributed by atoms with E-state index in [0.717, 1.165) is 29.0 Å². The molecule has 4 heterocycles. The lowest BCUT2D eigenvalue weighted by molar-refractivity contribution is -0.0171. The quantitative estimate of drug-likeness (QED) is 0.529. The molecule has 2 saturated heterocycles. The molecule has 194 valence electrons. The number of anilines is 2. The van der Waals surface area contributed by atoms with Crippen molar-refractivity contribution in [3.63, 3.8) is 0 Å². The van der Waals surface area contributed by atoms with Gasteiger partial charge in [0.2, 0.25) is 0 Å². The van der Waals surface area contributed by atoms with Crippen molar-refractivity contribution in [1.82, 2.24) is 15.3 Å². The number of ether oxygens (including phenoxy) is 1. The number of aliphatic hydroxyl groups excluding tert-OH is 1. The fourth-order valence-electron chi connectivity index (χ4n) is 5.49. The lowest BCUT2D eigenvalue weighted by Gasteiger charge is -2.41. The number of aromatic nitrogens is 2. The van der Waals surface area contributed by atoms with Crippen LogP contribution in [-0.2, 0) is 11.3 Å². The number of hydrogen-bond donors (Lipinski definition) is 2. The number of aryl methyl sites for hydroxylation is 1. The van der Waals surface area contributed by atoms with Crippen molar-refractivity contribution in [2.24, 2.45) is 0 Å². The lowest BCUT2D eigenvalue weighted by atomic mass is 10.0. The third kappa shape index (κ3) is 5.52. The minimum atomic E-state index is -0.942. The molecule has 37 heavy (non-hydrogen) atoms. The van der Waals surface area contributed by atoms with E-state index in [0.29, 0.717) is 49.4 Å². The Balaban J connectivity index is 1.27. The first-order valence-electron chi connectivity index (χ1n) is 12.8. The summed E-state index contributed by atoms with van der Waals surface area (Å²) in [7, 11) is 0. The minimum absolute atomic E-state index is 0.00337. The zero-order valence-electron chi connectivity index (χ0n) is 21.3. The Morgan fingerprint density at radius 1 is 1.22 bits per heavy atom. The highest BCUT2D eigenvalue weighted by Gasteiger charge is 2.32. The maximum absolute atomic E-state index is 15.0. The van der Waals surface area contributed by atoms with Crippen LogP contribution in [0.25, 0.3) is 10.9 Å². The van der Waals surface area contributed by atoms with E-state index < -0.39 is 6.17 Å². The van der Waals surface area contributed by atoms with Gasteiger partial charge in [-0.15, -0.1) is 0 Å². The standard InChI is InChI=1S/C28H33FN6O2/c1-18-10-22(11-21(17-36)33-18)34-9-7-25(29)26(16-34)32-13-23-15-35(14-19(2)37-23)27-6-5-20(12-30)28-24(27)4-3-8-31-28/h3-6,8,10-11,19,23,25-26,32,36H,7,9,13-17H2,1-2H3/t19-,23+,25?,26?/m1/s1. The normalized spacial score (nSPS) is 24.3. The van der Waals surface area contributed by atoms with E-state index in [1.807, 2.05) is 50.2 Å². The van der Waals surface area contributed by atoms with E-state index in [9.17, 15) is 14.8 Å². The molecule has 2 fully saturated rings. The van der Waals surface area contributed by atoms with Crippen LogP contribution in [0.5, 0.6) is 0 Å². The van der Waals surface area contributed by atoms with Crippen LogP contribution in [0.4, 0.5) is 15.8 Å². The molecule has 2 aliphatic heterocycles. The van der Waals surface area contributed by atoms with E-state index in [1.54, 1.807) is 6.20 Å². The average molecular weight is 505 g/mol. The van der Waals surface area contributed by atoms with Gasteiger partial charge in [0, 0.05) is 61.4 Å². The van der Waals surface area contributed by atoms with Gasteiger partial charge in [-0.25, -0.2) is 4.39 Å². The highest BCUT2D eigenvalue weighted by Crippen LogP contribution is 2.30. The Labute approximate surface area is 216 Å². The van der Waals surface area contributed by atoms with Gasteiger partial charge in [0.1, 0.15) is 12.2 Å². The van der Waals surface area contributed by atoms with E-state index in [-0.39, 0.29) is 24.9 Å². The molecule has 0 amide bonds. The van der Waals surface area contributed by atoms with E-state index in [4.69, 9.17) is 4.74 Å². The third-order valence-electron chi connectivity index (χ3n) is 7.19. The summed E-state index contributed by atoms with van der Waals surface area (Å²) in [6, 6.07) is 13.5. The number of nitrogens with one attached hydrogen (secondary N) is 1. The van der Waals surface area contributed by atoms with Crippen LogP contribution in [0.15, 0.2) is 42.6 Å². The van der Waals surface area contributed by atoms with Crippen LogP contribution in [0.1, 0.15) is 30.3 Å². The van der Waals surface area contributed by atoms with Crippen molar-refractivity contribution in [3.8, 4) is 6.07 Å². The molecule has 2 N–H and O–H groups in total. The lowest BCUT2D eigenvalue weighted by Crippen LogP contribution is -2.56. The van der Waals surface area contributed by atoms with Crippen LogP contribution in [0.2, 0.25) is 0 Å². The first-order valence-corrected chi connectivity index (χ1v) is 12.8. The topological polar surface area (TPSA) is 97.5 Å². The van der Waals surface area contributed by atoms with E-state index in [1.165, 1.54) is 0 Å². The number of aliphatic hydroxyl groups is 1. The Morgan fingerprint density at radius 3 is 2.89 bits per heavy atom. The molecule has 5 rings (SSSR count). The molecule has 0 bridgehead atoms. The predicted octanol–water partition coefficient (Wildman–Crippen LogP) is 3.10. The summed E-state index contributed by atoms with van der Waals surface area (Å²) < 4.78 is 21.2. The van der Waals surface area contributed by atoms with Gasteiger partial charge in [-0.05, 0) is 56.7 Å². The van der Waals surface area contributed by atoms with Gasteiger partial charge in [-0.3, -0.25) is 9.97 Å². The molecule has 8 nitrogen and oxygen atoms in total. The molecule has 0 aliphatic carbocycles. The second kappa shape index (κ2) is 11.0. The maximum Gasteiger partial charge on any atom is 0.119 e. The molecular formula is C28H33FN6O2. The third-order valence-corrected chi connectivity index (χ3v) is 7.19. The highest BCUT2D eigenvalue weighted by atomic mass is 19.1. The van der Waals surface area contributed by atoms with Crippen LogP contribution in [0.3, 0.4) is 0 Å². The molecule has 2 unspecified atom stereocenters. The second-order valence-corrected chi connectivity index (χ2v) is 10.00. The summed E-state index contributed by atoms with van der Waals surface area (Å²) in [6.07, 6.45) is 1.09. The Hall–Kier alpha value is -3.32. The molecule has 2 aliphatic rings. The van der Waals surface area contributed by atoms with E-state index in [2.05, 4.69) is 31.2 Å².